The van der Waals surface area contributed by atoms with E-state index in [0.717, 1.165) is 22.5 Å². The largest absolute Gasteiger partial charge is 0.416 e. The summed E-state index contributed by atoms with van der Waals surface area (Å²) in [6, 6.07) is 2.89. The Morgan fingerprint density at radius 1 is 1.24 bits per heavy atom. The number of halogens is 3. The van der Waals surface area contributed by atoms with Crippen LogP contribution in [0.25, 0.3) is 0 Å². The molecule has 0 bridgehead atoms. The number of nitrogens with zero attached hydrogens (tertiary/aromatic N) is 1. The number of hydrogen-bond acceptors (Lipinski definition) is 4. The second kappa shape index (κ2) is 9.12. The summed E-state index contributed by atoms with van der Waals surface area (Å²) in [5, 5.41) is 5.19. The molecule has 1 heterocycles. The maximum atomic E-state index is 12.9. The van der Waals surface area contributed by atoms with Gasteiger partial charge in [-0.05, 0) is 44.9 Å². The molecule has 0 aromatic heterocycles. The molecule has 1 saturated heterocycles. The van der Waals surface area contributed by atoms with Crippen LogP contribution in [-0.4, -0.2) is 50.2 Å². The van der Waals surface area contributed by atoms with E-state index >= 15 is 0 Å². The van der Waals surface area contributed by atoms with Crippen molar-refractivity contribution in [1.82, 2.24) is 14.9 Å². The first-order valence-corrected chi connectivity index (χ1v) is 10.7. The predicted molar refractivity (Wildman–Crippen MR) is 99.2 cm³/mol. The summed E-state index contributed by atoms with van der Waals surface area (Å²) in [6.45, 7) is 3.76. The van der Waals surface area contributed by atoms with Gasteiger partial charge < -0.3 is 10.6 Å². The number of alkyl halides is 3. The fourth-order valence-corrected chi connectivity index (χ4v) is 4.58. The molecule has 1 aromatic carbocycles. The number of nitrogens with one attached hydrogen (secondary N) is 2. The van der Waals surface area contributed by atoms with Gasteiger partial charge in [-0.1, -0.05) is 6.07 Å². The smallest absolute Gasteiger partial charge is 0.355 e. The number of hydrogen-bond donors (Lipinski definition) is 2. The van der Waals surface area contributed by atoms with Crippen LogP contribution in [0.4, 0.5) is 13.2 Å². The van der Waals surface area contributed by atoms with E-state index in [0.29, 0.717) is 12.6 Å². The molecule has 0 saturated carbocycles. The Kier molecular flexibility index (Phi) is 7.28. The lowest BCUT2D eigenvalue weighted by molar-refractivity contribution is -0.137. The summed E-state index contributed by atoms with van der Waals surface area (Å²) in [6.07, 6.45) is -4.21. The number of amides is 2. The Hall–Kier alpha value is -2.14. The minimum absolute atomic E-state index is 0.00615. The van der Waals surface area contributed by atoms with Crippen molar-refractivity contribution < 1.29 is 31.2 Å². The number of carbonyl (C=O) groups excluding carboxylic acids is 2. The number of rotatable bonds is 6. The third-order valence-corrected chi connectivity index (χ3v) is 6.62. The monoisotopic (exact) mass is 435 g/mol. The van der Waals surface area contributed by atoms with Gasteiger partial charge in [0.05, 0.1) is 10.5 Å². The van der Waals surface area contributed by atoms with Gasteiger partial charge in [-0.3, -0.25) is 9.59 Å². The molecule has 162 valence electrons. The Bertz CT molecular complexity index is 850. The first-order valence-electron chi connectivity index (χ1n) is 9.22. The van der Waals surface area contributed by atoms with Crippen molar-refractivity contribution in [3.05, 3.63) is 29.8 Å². The van der Waals surface area contributed by atoms with Gasteiger partial charge in [-0.25, -0.2) is 8.42 Å². The molecule has 11 heteroatoms. The summed E-state index contributed by atoms with van der Waals surface area (Å²) >= 11 is 0. The van der Waals surface area contributed by atoms with Gasteiger partial charge in [0.25, 0.3) is 0 Å². The van der Waals surface area contributed by atoms with E-state index < -0.39 is 38.6 Å². The van der Waals surface area contributed by atoms with E-state index in [2.05, 4.69) is 10.6 Å². The number of benzene rings is 1. The van der Waals surface area contributed by atoms with Gasteiger partial charge in [0, 0.05) is 25.6 Å². The van der Waals surface area contributed by atoms with Crippen LogP contribution in [0.15, 0.2) is 29.2 Å². The van der Waals surface area contributed by atoms with E-state index in [4.69, 9.17) is 0 Å². The van der Waals surface area contributed by atoms with Gasteiger partial charge in [0.2, 0.25) is 21.8 Å². The first kappa shape index (κ1) is 23.1. The molecule has 1 aromatic rings. The lowest BCUT2D eigenvalue weighted by Crippen LogP contribution is -2.49. The van der Waals surface area contributed by atoms with Crippen molar-refractivity contribution in [3.8, 4) is 0 Å². The Labute approximate surface area is 167 Å². The third-order valence-electron chi connectivity index (χ3n) is 4.73. The van der Waals surface area contributed by atoms with Crippen LogP contribution in [0, 0.1) is 5.92 Å². The molecule has 1 atom stereocenters. The second-order valence-corrected chi connectivity index (χ2v) is 8.77. The van der Waals surface area contributed by atoms with Crippen LogP contribution in [-0.2, 0) is 25.8 Å². The van der Waals surface area contributed by atoms with Crippen LogP contribution >= 0.6 is 0 Å². The highest BCUT2D eigenvalue weighted by molar-refractivity contribution is 7.89. The van der Waals surface area contributed by atoms with E-state index in [-0.39, 0.29) is 37.7 Å². The van der Waals surface area contributed by atoms with Crippen molar-refractivity contribution in [2.24, 2.45) is 5.92 Å². The van der Waals surface area contributed by atoms with Gasteiger partial charge >= 0.3 is 6.18 Å². The standard InChI is InChI=1S/C18H24F3N3O4S/c1-3-22-16(25)12(2)23-17(26)13-7-9-24(10-8-13)29(27,28)15-6-4-5-14(11-15)18(19,20)21/h4-6,11-13H,3,7-10H2,1-2H3,(H,22,25)(H,23,26). The molecule has 2 N–H and O–H groups in total. The third kappa shape index (κ3) is 5.69. The molecule has 1 aliphatic rings. The van der Waals surface area contributed by atoms with Crippen molar-refractivity contribution in [3.63, 3.8) is 0 Å². The second-order valence-electron chi connectivity index (χ2n) is 6.83. The van der Waals surface area contributed by atoms with Crippen molar-refractivity contribution in [2.45, 2.75) is 43.8 Å². The van der Waals surface area contributed by atoms with Crippen molar-refractivity contribution in [2.75, 3.05) is 19.6 Å². The van der Waals surface area contributed by atoms with Crippen LogP contribution in [0.5, 0.6) is 0 Å². The average Bonchev–Trinajstić information content (AvgIpc) is 2.67. The molecular formula is C18H24F3N3O4S. The summed E-state index contributed by atoms with van der Waals surface area (Å²) in [5.74, 6) is -1.13. The Morgan fingerprint density at radius 2 is 1.86 bits per heavy atom. The molecule has 7 nitrogen and oxygen atoms in total. The van der Waals surface area contributed by atoms with E-state index in [1.807, 2.05) is 0 Å². The van der Waals surface area contributed by atoms with Gasteiger partial charge in [0.1, 0.15) is 6.04 Å². The first-order chi connectivity index (χ1) is 13.5. The van der Waals surface area contributed by atoms with Crippen LogP contribution in [0.1, 0.15) is 32.3 Å². The zero-order valence-corrected chi connectivity index (χ0v) is 16.9. The molecular weight excluding hydrogens is 411 g/mol. The molecule has 1 aliphatic heterocycles. The molecule has 2 rings (SSSR count). The molecule has 0 aliphatic carbocycles. The molecule has 29 heavy (non-hydrogen) atoms. The Morgan fingerprint density at radius 3 is 2.41 bits per heavy atom. The quantitative estimate of drug-likeness (QED) is 0.712. The predicted octanol–water partition coefficient (Wildman–Crippen LogP) is 1.75. The van der Waals surface area contributed by atoms with Gasteiger partial charge in [-0.2, -0.15) is 17.5 Å². The highest BCUT2D eigenvalue weighted by atomic mass is 32.2. The maximum Gasteiger partial charge on any atom is 0.416 e. The maximum absolute atomic E-state index is 12.9. The molecule has 1 fully saturated rings. The normalized spacial score (nSPS) is 17.6. The van der Waals surface area contributed by atoms with Crippen LogP contribution < -0.4 is 10.6 Å². The minimum Gasteiger partial charge on any atom is -0.355 e. The van der Waals surface area contributed by atoms with Crippen molar-refractivity contribution >= 4 is 21.8 Å². The van der Waals surface area contributed by atoms with Gasteiger partial charge in [-0.15, -0.1) is 0 Å². The number of carbonyl (C=O) groups is 2. The topological polar surface area (TPSA) is 95.6 Å². The summed E-state index contributed by atoms with van der Waals surface area (Å²) in [5.41, 5.74) is -1.04. The van der Waals surface area contributed by atoms with E-state index in [1.165, 1.54) is 0 Å². The molecule has 0 spiro atoms. The molecule has 1 unspecified atom stereocenters. The average molecular weight is 435 g/mol. The van der Waals surface area contributed by atoms with E-state index in [9.17, 15) is 31.2 Å². The van der Waals surface area contributed by atoms with Crippen LogP contribution in [0.2, 0.25) is 0 Å². The van der Waals surface area contributed by atoms with Crippen LogP contribution in [0.3, 0.4) is 0 Å². The zero-order chi connectivity index (χ0) is 21.8. The summed E-state index contributed by atoms with van der Waals surface area (Å²) < 4.78 is 65.1. The Balaban J connectivity index is 2.01. The summed E-state index contributed by atoms with van der Waals surface area (Å²) in [4.78, 5) is 23.6. The van der Waals surface area contributed by atoms with Crippen molar-refractivity contribution in [1.29, 1.82) is 0 Å². The number of sulfonamides is 1. The lowest BCUT2D eigenvalue weighted by Gasteiger charge is -2.31. The SMILES string of the molecule is CCNC(=O)C(C)NC(=O)C1CCN(S(=O)(=O)c2cccc(C(F)(F)F)c2)CC1. The zero-order valence-electron chi connectivity index (χ0n) is 16.1. The summed E-state index contributed by atoms with van der Waals surface area (Å²) in [7, 11) is -4.10. The fourth-order valence-electron chi connectivity index (χ4n) is 3.06. The van der Waals surface area contributed by atoms with Gasteiger partial charge in [0.15, 0.2) is 0 Å². The lowest BCUT2D eigenvalue weighted by atomic mass is 9.97. The van der Waals surface area contributed by atoms with E-state index in [1.54, 1.807) is 13.8 Å². The minimum atomic E-state index is -4.64. The number of piperidine rings is 1. The fraction of sp³-hybridized carbons (Fsp3) is 0.556. The molecule has 0 radical (unpaired) electrons. The highest BCUT2D eigenvalue weighted by Crippen LogP contribution is 2.32. The highest BCUT2D eigenvalue weighted by Gasteiger charge is 2.35. The molecule has 2 amide bonds. The number of likely N-dealkylation sites (N-methyl/N-ethyl adjacent to an activating group) is 1.